The number of aromatic nitrogens is 2. The molecule has 0 spiro atoms. The van der Waals surface area contributed by atoms with Crippen molar-refractivity contribution in [1.29, 1.82) is 0 Å². The second kappa shape index (κ2) is 9.00. The third kappa shape index (κ3) is 5.89. The molecule has 1 amide bonds. The molecular formula is C18H23N3O5. The highest BCUT2D eigenvalue weighted by molar-refractivity contribution is 5.76. The van der Waals surface area contributed by atoms with Crippen LogP contribution in [0.4, 0.5) is 0 Å². The summed E-state index contributed by atoms with van der Waals surface area (Å²) in [5.41, 5.74) is 0.794. The predicted molar refractivity (Wildman–Crippen MR) is 96.4 cm³/mol. The molecule has 1 atom stereocenters. The summed E-state index contributed by atoms with van der Waals surface area (Å²) in [6.45, 7) is 3.66. The normalized spacial score (nSPS) is 11.8. The van der Waals surface area contributed by atoms with Crippen LogP contribution >= 0.6 is 0 Å². The van der Waals surface area contributed by atoms with Gasteiger partial charge in [0.25, 0.3) is 5.56 Å². The van der Waals surface area contributed by atoms with Crippen LogP contribution in [0.5, 0.6) is 5.75 Å². The Morgan fingerprint density at radius 3 is 2.73 bits per heavy atom. The first-order chi connectivity index (χ1) is 12.3. The minimum absolute atomic E-state index is 0.0472. The van der Waals surface area contributed by atoms with E-state index in [1.807, 2.05) is 25.1 Å². The molecule has 1 aromatic heterocycles. The first-order valence-electron chi connectivity index (χ1n) is 8.31. The van der Waals surface area contributed by atoms with Gasteiger partial charge in [-0.3, -0.25) is 14.6 Å². The van der Waals surface area contributed by atoms with Crippen LogP contribution in [0.2, 0.25) is 0 Å². The van der Waals surface area contributed by atoms with Gasteiger partial charge in [0.2, 0.25) is 5.91 Å². The molecule has 0 radical (unpaired) electrons. The largest absolute Gasteiger partial charge is 0.491 e. The van der Waals surface area contributed by atoms with Crippen molar-refractivity contribution in [3.8, 4) is 5.75 Å². The summed E-state index contributed by atoms with van der Waals surface area (Å²) in [5, 5.41) is 12.5. The predicted octanol–water partition coefficient (Wildman–Crippen LogP) is 0.169. The Hall–Kier alpha value is -2.87. The zero-order valence-corrected chi connectivity index (χ0v) is 14.8. The Labute approximate surface area is 150 Å². The fourth-order valence-corrected chi connectivity index (χ4v) is 2.44. The van der Waals surface area contributed by atoms with E-state index < -0.39 is 17.4 Å². The standard InChI is InChI=1S/C18H23N3O5/c1-11-4-3-5-14(8-11)26-10-13(22)9-19-16(23)7-6-15-12(2)20-18(25)21-17(15)24/h3-5,8,13,22H,6-7,9-10H2,1-2H3,(H,19,23)(H2,20,21,24,25). The summed E-state index contributed by atoms with van der Waals surface area (Å²) >= 11 is 0. The molecule has 26 heavy (non-hydrogen) atoms. The minimum atomic E-state index is -0.849. The van der Waals surface area contributed by atoms with Crippen molar-refractivity contribution in [1.82, 2.24) is 15.3 Å². The Balaban J connectivity index is 1.74. The number of rotatable bonds is 8. The number of hydrogen-bond acceptors (Lipinski definition) is 5. The maximum atomic E-state index is 11.9. The molecule has 0 aliphatic heterocycles. The average molecular weight is 361 g/mol. The van der Waals surface area contributed by atoms with Crippen LogP contribution in [0, 0.1) is 13.8 Å². The first-order valence-corrected chi connectivity index (χ1v) is 8.31. The minimum Gasteiger partial charge on any atom is -0.491 e. The molecule has 0 saturated heterocycles. The molecular weight excluding hydrogens is 338 g/mol. The summed E-state index contributed by atoms with van der Waals surface area (Å²) in [7, 11) is 0. The van der Waals surface area contributed by atoms with Gasteiger partial charge >= 0.3 is 5.69 Å². The number of aryl methyl sites for hydroxylation is 2. The van der Waals surface area contributed by atoms with Crippen LogP contribution in [0.15, 0.2) is 33.9 Å². The summed E-state index contributed by atoms with van der Waals surface area (Å²) in [4.78, 5) is 39.4. The topological polar surface area (TPSA) is 124 Å². The van der Waals surface area contributed by atoms with Crippen LogP contribution in [-0.4, -0.2) is 40.2 Å². The molecule has 2 aromatic rings. The molecule has 1 heterocycles. The van der Waals surface area contributed by atoms with Crippen molar-refractivity contribution in [2.24, 2.45) is 0 Å². The van der Waals surface area contributed by atoms with Crippen LogP contribution in [0.3, 0.4) is 0 Å². The van der Waals surface area contributed by atoms with Gasteiger partial charge in [-0.15, -0.1) is 0 Å². The molecule has 0 bridgehead atoms. The van der Waals surface area contributed by atoms with E-state index in [4.69, 9.17) is 4.74 Å². The maximum Gasteiger partial charge on any atom is 0.325 e. The molecule has 0 fully saturated rings. The van der Waals surface area contributed by atoms with E-state index in [2.05, 4.69) is 15.3 Å². The second-order valence-electron chi connectivity index (χ2n) is 6.10. The molecule has 0 saturated carbocycles. The van der Waals surface area contributed by atoms with Crippen molar-refractivity contribution in [3.63, 3.8) is 0 Å². The SMILES string of the molecule is Cc1cccc(OCC(O)CNC(=O)CCc2c(C)[nH]c(=O)[nH]c2=O)c1. The fraction of sp³-hybridized carbons (Fsp3) is 0.389. The number of amides is 1. The molecule has 4 N–H and O–H groups in total. The highest BCUT2D eigenvalue weighted by atomic mass is 16.5. The van der Waals surface area contributed by atoms with Gasteiger partial charge in [0.1, 0.15) is 18.5 Å². The number of nitrogens with one attached hydrogen (secondary N) is 3. The average Bonchev–Trinajstić information content (AvgIpc) is 2.57. The molecule has 0 aliphatic carbocycles. The molecule has 8 nitrogen and oxygen atoms in total. The van der Waals surface area contributed by atoms with Gasteiger partial charge in [0.15, 0.2) is 0 Å². The number of ether oxygens (including phenoxy) is 1. The summed E-state index contributed by atoms with van der Waals surface area (Å²) in [6, 6.07) is 7.45. The van der Waals surface area contributed by atoms with Gasteiger partial charge in [0, 0.05) is 24.2 Å². The van der Waals surface area contributed by atoms with Crippen molar-refractivity contribution in [2.45, 2.75) is 32.8 Å². The molecule has 2 rings (SSSR count). The van der Waals surface area contributed by atoms with Gasteiger partial charge in [0.05, 0.1) is 0 Å². The lowest BCUT2D eigenvalue weighted by Crippen LogP contribution is -2.35. The maximum absolute atomic E-state index is 11.9. The molecule has 140 valence electrons. The number of H-pyrrole nitrogens is 2. The van der Waals surface area contributed by atoms with E-state index in [1.54, 1.807) is 13.0 Å². The van der Waals surface area contributed by atoms with E-state index in [1.165, 1.54) is 0 Å². The van der Waals surface area contributed by atoms with E-state index in [0.717, 1.165) is 5.56 Å². The van der Waals surface area contributed by atoms with E-state index in [0.29, 0.717) is 17.0 Å². The third-order valence-corrected chi connectivity index (χ3v) is 3.82. The van der Waals surface area contributed by atoms with Crippen LogP contribution in [0.25, 0.3) is 0 Å². The van der Waals surface area contributed by atoms with Gasteiger partial charge in [-0.05, 0) is 38.0 Å². The molecule has 1 unspecified atom stereocenters. The number of carbonyl (C=O) groups is 1. The van der Waals surface area contributed by atoms with Gasteiger partial charge in [-0.2, -0.15) is 0 Å². The zero-order valence-electron chi connectivity index (χ0n) is 14.8. The first kappa shape index (κ1) is 19.5. The lowest BCUT2D eigenvalue weighted by atomic mass is 10.1. The lowest BCUT2D eigenvalue weighted by Gasteiger charge is -2.13. The Bertz CT molecular complexity index is 872. The number of carbonyl (C=O) groups excluding carboxylic acids is 1. The van der Waals surface area contributed by atoms with E-state index in [9.17, 15) is 19.5 Å². The van der Waals surface area contributed by atoms with Gasteiger partial charge in [-0.25, -0.2) is 4.79 Å². The number of aliphatic hydroxyl groups is 1. The Morgan fingerprint density at radius 2 is 2.04 bits per heavy atom. The highest BCUT2D eigenvalue weighted by Crippen LogP contribution is 2.12. The molecule has 1 aromatic carbocycles. The smallest absolute Gasteiger partial charge is 0.325 e. The lowest BCUT2D eigenvalue weighted by molar-refractivity contribution is -0.121. The van der Waals surface area contributed by atoms with Crippen molar-refractivity contribution < 1.29 is 14.6 Å². The second-order valence-corrected chi connectivity index (χ2v) is 6.10. The van der Waals surface area contributed by atoms with Crippen molar-refractivity contribution in [3.05, 3.63) is 61.9 Å². The Morgan fingerprint density at radius 1 is 1.27 bits per heavy atom. The van der Waals surface area contributed by atoms with Crippen LogP contribution in [0.1, 0.15) is 23.2 Å². The van der Waals surface area contributed by atoms with Gasteiger partial charge in [-0.1, -0.05) is 12.1 Å². The Kier molecular flexibility index (Phi) is 6.74. The van der Waals surface area contributed by atoms with Crippen LogP contribution in [-0.2, 0) is 11.2 Å². The summed E-state index contributed by atoms with van der Waals surface area (Å²) in [6.07, 6.45) is -0.584. The van der Waals surface area contributed by atoms with E-state index in [-0.39, 0.29) is 31.9 Å². The van der Waals surface area contributed by atoms with Crippen molar-refractivity contribution >= 4 is 5.91 Å². The molecule has 0 aliphatic rings. The van der Waals surface area contributed by atoms with E-state index >= 15 is 0 Å². The molecule has 8 heteroatoms. The van der Waals surface area contributed by atoms with Crippen LogP contribution < -0.4 is 21.3 Å². The van der Waals surface area contributed by atoms with Gasteiger partial charge < -0.3 is 20.1 Å². The number of hydrogen-bond donors (Lipinski definition) is 4. The fourth-order valence-electron chi connectivity index (χ4n) is 2.44. The number of benzene rings is 1. The monoisotopic (exact) mass is 361 g/mol. The third-order valence-electron chi connectivity index (χ3n) is 3.82. The zero-order chi connectivity index (χ0) is 19.1. The number of aliphatic hydroxyl groups excluding tert-OH is 1. The summed E-state index contributed by atoms with van der Waals surface area (Å²) in [5.74, 6) is 0.354. The quantitative estimate of drug-likeness (QED) is 0.533. The van der Waals surface area contributed by atoms with Crippen molar-refractivity contribution in [2.75, 3.05) is 13.2 Å². The summed E-state index contributed by atoms with van der Waals surface area (Å²) < 4.78 is 5.47. The number of aromatic amines is 2. The highest BCUT2D eigenvalue weighted by Gasteiger charge is 2.11.